The smallest absolute Gasteiger partial charge is 0.300 e. The zero-order valence-corrected chi connectivity index (χ0v) is 13.0. The van der Waals surface area contributed by atoms with Crippen molar-refractivity contribution in [3.05, 3.63) is 84.9 Å². The minimum atomic E-state index is -0.715. The molecule has 0 aromatic heterocycles. The molecule has 0 atom stereocenters. The van der Waals surface area contributed by atoms with Crippen molar-refractivity contribution >= 4 is 39.2 Å². The van der Waals surface area contributed by atoms with Gasteiger partial charge >= 0.3 is 0 Å². The van der Waals surface area contributed by atoms with Crippen LogP contribution < -0.4 is 5.32 Å². The number of benzene rings is 3. The Morgan fingerprint density at radius 2 is 1.27 bits per heavy atom. The average molecular weight is 354 g/mol. The minimum absolute atomic E-state index is 0.0741. The van der Waals surface area contributed by atoms with Crippen molar-refractivity contribution < 1.29 is 14.8 Å². The summed E-state index contributed by atoms with van der Waals surface area (Å²) in [5.74, 6) is 0. The molecule has 0 spiro atoms. The topological polar surface area (TPSA) is 141 Å². The maximum absolute atomic E-state index is 11.4. The molecule has 3 aromatic rings. The molecule has 0 fully saturated rings. The molecule has 10 heteroatoms. The summed E-state index contributed by atoms with van der Waals surface area (Å²) in [7, 11) is 0. The quantitative estimate of drug-likeness (QED) is 0.531. The highest BCUT2D eigenvalue weighted by Crippen LogP contribution is 2.40. The Morgan fingerprint density at radius 3 is 1.81 bits per heavy atom. The van der Waals surface area contributed by atoms with Gasteiger partial charge in [0.25, 0.3) is 17.1 Å². The van der Waals surface area contributed by atoms with E-state index in [2.05, 4.69) is 5.32 Å². The van der Waals surface area contributed by atoms with Crippen LogP contribution in [0.3, 0.4) is 0 Å². The standard InChI is InChI=1S/C16H10N4O6/c21-18(22)11-7-5-10(6-8-11)17-16-13-4-2-1-3-12(13)14(19(23)24)9-15(16)20(25)26/h1-9,17H. The van der Waals surface area contributed by atoms with Gasteiger partial charge in [-0.1, -0.05) is 18.2 Å². The van der Waals surface area contributed by atoms with E-state index in [0.29, 0.717) is 11.1 Å². The van der Waals surface area contributed by atoms with Crippen molar-refractivity contribution in [3.8, 4) is 0 Å². The molecule has 0 saturated carbocycles. The highest BCUT2D eigenvalue weighted by atomic mass is 16.6. The predicted octanol–water partition coefficient (Wildman–Crippen LogP) is 4.31. The van der Waals surface area contributed by atoms with Crippen molar-refractivity contribution in [2.75, 3.05) is 5.32 Å². The van der Waals surface area contributed by atoms with Crippen LogP contribution in [0.25, 0.3) is 10.8 Å². The number of non-ortho nitro benzene ring substituents is 2. The second-order valence-electron chi connectivity index (χ2n) is 5.28. The molecule has 0 heterocycles. The molecular formula is C16H10N4O6. The summed E-state index contributed by atoms with van der Waals surface area (Å²) in [4.78, 5) is 31.5. The number of nitro groups is 3. The van der Waals surface area contributed by atoms with Gasteiger partial charge in [-0.3, -0.25) is 30.3 Å². The Morgan fingerprint density at radius 1 is 0.692 bits per heavy atom. The van der Waals surface area contributed by atoms with Gasteiger partial charge in [-0.2, -0.15) is 0 Å². The second kappa shape index (κ2) is 6.43. The third kappa shape index (κ3) is 2.98. The van der Waals surface area contributed by atoms with Crippen molar-refractivity contribution in [3.63, 3.8) is 0 Å². The van der Waals surface area contributed by atoms with Crippen LogP contribution in [0.5, 0.6) is 0 Å². The third-order valence-electron chi connectivity index (χ3n) is 3.74. The lowest BCUT2D eigenvalue weighted by molar-refractivity contribution is -0.392. The van der Waals surface area contributed by atoms with Crippen molar-refractivity contribution in [1.82, 2.24) is 0 Å². The third-order valence-corrected chi connectivity index (χ3v) is 3.74. The van der Waals surface area contributed by atoms with Crippen LogP contribution in [-0.4, -0.2) is 14.8 Å². The zero-order valence-electron chi connectivity index (χ0n) is 13.0. The van der Waals surface area contributed by atoms with E-state index in [1.807, 2.05) is 0 Å². The molecule has 1 N–H and O–H groups in total. The van der Waals surface area contributed by atoms with Gasteiger partial charge in [-0.15, -0.1) is 0 Å². The fourth-order valence-corrected chi connectivity index (χ4v) is 2.58. The lowest BCUT2D eigenvalue weighted by Crippen LogP contribution is -2.01. The molecule has 0 aliphatic heterocycles. The molecule has 10 nitrogen and oxygen atoms in total. The van der Waals surface area contributed by atoms with Crippen molar-refractivity contribution in [2.24, 2.45) is 0 Å². The van der Waals surface area contributed by atoms with E-state index < -0.39 is 20.5 Å². The number of rotatable bonds is 5. The molecule has 0 bridgehead atoms. The van der Waals surface area contributed by atoms with Crippen LogP contribution in [0, 0.1) is 30.3 Å². The average Bonchev–Trinajstić information content (AvgIpc) is 2.61. The highest BCUT2D eigenvalue weighted by molar-refractivity contribution is 6.05. The Hall–Kier alpha value is -4.08. The maximum atomic E-state index is 11.4. The van der Waals surface area contributed by atoms with Crippen LogP contribution in [-0.2, 0) is 0 Å². The van der Waals surface area contributed by atoms with Gasteiger partial charge in [-0.05, 0) is 18.2 Å². The lowest BCUT2D eigenvalue weighted by Gasteiger charge is -2.11. The van der Waals surface area contributed by atoms with Crippen LogP contribution in [0.2, 0.25) is 0 Å². The summed E-state index contributed by atoms with van der Waals surface area (Å²) in [5, 5.41) is 36.8. The first-order valence-corrected chi connectivity index (χ1v) is 7.24. The van der Waals surface area contributed by atoms with Crippen LogP contribution in [0.15, 0.2) is 54.6 Å². The molecule has 26 heavy (non-hydrogen) atoms. The van der Waals surface area contributed by atoms with E-state index in [4.69, 9.17) is 0 Å². The van der Waals surface area contributed by atoms with Crippen molar-refractivity contribution in [1.29, 1.82) is 0 Å². The van der Waals surface area contributed by atoms with Crippen molar-refractivity contribution in [2.45, 2.75) is 0 Å². The minimum Gasteiger partial charge on any atom is -0.349 e. The summed E-state index contributed by atoms with van der Waals surface area (Å²) >= 11 is 0. The molecule has 3 aromatic carbocycles. The first kappa shape index (κ1) is 16.8. The Bertz CT molecular complexity index is 1050. The fraction of sp³-hybridized carbons (Fsp3) is 0. The Balaban J connectivity index is 2.19. The molecule has 0 saturated heterocycles. The normalized spacial score (nSPS) is 10.5. The summed E-state index contributed by atoms with van der Waals surface area (Å²) in [5.41, 5.74) is -0.517. The largest absolute Gasteiger partial charge is 0.349 e. The maximum Gasteiger partial charge on any atom is 0.300 e. The number of hydrogen-bond donors (Lipinski definition) is 1. The van der Waals surface area contributed by atoms with Gasteiger partial charge in [0.1, 0.15) is 5.69 Å². The zero-order chi connectivity index (χ0) is 18.8. The highest BCUT2D eigenvalue weighted by Gasteiger charge is 2.25. The number of hydrogen-bond acceptors (Lipinski definition) is 7. The molecule has 3 rings (SSSR count). The van der Waals surface area contributed by atoms with Gasteiger partial charge in [0.05, 0.1) is 26.2 Å². The molecular weight excluding hydrogens is 344 g/mol. The molecule has 0 radical (unpaired) electrons. The Labute approximate surface area is 145 Å². The molecule has 130 valence electrons. The van der Waals surface area contributed by atoms with Crippen LogP contribution in [0.1, 0.15) is 0 Å². The van der Waals surface area contributed by atoms with E-state index in [1.54, 1.807) is 12.1 Å². The lowest BCUT2D eigenvalue weighted by atomic mass is 10.0. The van der Waals surface area contributed by atoms with E-state index in [9.17, 15) is 30.3 Å². The molecule has 0 amide bonds. The molecule has 0 unspecified atom stereocenters. The van der Waals surface area contributed by atoms with Crippen LogP contribution in [0.4, 0.5) is 28.4 Å². The fourth-order valence-electron chi connectivity index (χ4n) is 2.58. The summed E-state index contributed by atoms with van der Waals surface area (Å²) in [6, 6.07) is 12.4. The first-order chi connectivity index (χ1) is 12.4. The van der Waals surface area contributed by atoms with E-state index >= 15 is 0 Å². The van der Waals surface area contributed by atoms with Crippen LogP contribution >= 0.6 is 0 Å². The number of anilines is 2. The molecule has 0 aliphatic carbocycles. The molecule has 0 aliphatic rings. The number of nitro benzene ring substituents is 3. The summed E-state index contributed by atoms with van der Waals surface area (Å²) in [6.07, 6.45) is 0. The first-order valence-electron chi connectivity index (χ1n) is 7.24. The SMILES string of the molecule is O=[N+]([O-])c1ccc(Nc2c([N+](=O)[O-])cc([N+](=O)[O-])c3ccccc23)cc1. The number of fused-ring (bicyclic) bond motifs is 1. The van der Waals surface area contributed by atoms with E-state index in [1.165, 1.54) is 36.4 Å². The van der Waals surface area contributed by atoms with Gasteiger partial charge < -0.3 is 5.32 Å². The van der Waals surface area contributed by atoms with E-state index in [0.717, 1.165) is 6.07 Å². The van der Waals surface area contributed by atoms with Gasteiger partial charge in [0.2, 0.25) is 0 Å². The number of nitrogens with zero attached hydrogens (tertiary/aromatic N) is 3. The van der Waals surface area contributed by atoms with E-state index in [-0.39, 0.29) is 22.4 Å². The van der Waals surface area contributed by atoms with Gasteiger partial charge in [0, 0.05) is 23.2 Å². The summed E-state index contributed by atoms with van der Waals surface area (Å²) in [6.45, 7) is 0. The predicted molar refractivity (Wildman–Crippen MR) is 93.6 cm³/mol. The Kier molecular flexibility index (Phi) is 4.15. The monoisotopic (exact) mass is 354 g/mol. The van der Waals surface area contributed by atoms with Gasteiger partial charge in [-0.25, -0.2) is 0 Å². The van der Waals surface area contributed by atoms with Gasteiger partial charge in [0.15, 0.2) is 0 Å². The summed E-state index contributed by atoms with van der Waals surface area (Å²) < 4.78 is 0. The number of nitrogens with one attached hydrogen (secondary N) is 1. The second-order valence-corrected chi connectivity index (χ2v) is 5.28.